The van der Waals surface area contributed by atoms with Gasteiger partial charge in [-0.2, -0.15) is 0 Å². The zero-order valence-corrected chi connectivity index (χ0v) is 11.7. The van der Waals surface area contributed by atoms with Gasteiger partial charge in [-0.15, -0.1) is 11.3 Å². The third kappa shape index (κ3) is 2.33. The molecule has 1 aromatic heterocycles. The molecule has 74 valence electrons. The summed E-state index contributed by atoms with van der Waals surface area (Å²) in [6.45, 7) is 0. The van der Waals surface area contributed by atoms with Gasteiger partial charge in [0.2, 0.25) is 10.0 Å². The van der Waals surface area contributed by atoms with Gasteiger partial charge in [0.15, 0.2) is 0 Å². The molecule has 0 spiro atoms. The number of rotatable bonds is 2. The topological polar surface area (TPSA) is 37.4 Å². The maximum Gasteiger partial charge on any atom is 0.244 e. The Morgan fingerprint density at radius 3 is 2.23 bits per heavy atom. The molecule has 0 aliphatic heterocycles. The van der Waals surface area contributed by atoms with Crippen LogP contribution in [0.3, 0.4) is 0 Å². The summed E-state index contributed by atoms with van der Waals surface area (Å²) in [5.41, 5.74) is 0. The molecule has 1 heterocycles. The fourth-order valence-corrected chi connectivity index (χ4v) is 5.35. The molecule has 0 fully saturated rings. The van der Waals surface area contributed by atoms with Crippen molar-refractivity contribution in [2.24, 2.45) is 0 Å². The minimum absolute atomic E-state index is 0.300. The Labute approximate surface area is 98.1 Å². The maximum absolute atomic E-state index is 11.6. The van der Waals surface area contributed by atoms with Crippen LogP contribution < -0.4 is 0 Å². The SMILES string of the molecule is CN(C)S(=O)(=O)c1cc(Br)sc1Br. The third-order valence-electron chi connectivity index (χ3n) is 1.38. The van der Waals surface area contributed by atoms with Gasteiger partial charge in [-0.25, -0.2) is 12.7 Å². The highest BCUT2D eigenvalue weighted by Crippen LogP contribution is 2.35. The first-order valence-electron chi connectivity index (χ1n) is 3.23. The van der Waals surface area contributed by atoms with Crippen molar-refractivity contribution in [3.63, 3.8) is 0 Å². The van der Waals surface area contributed by atoms with Crippen LogP contribution in [-0.2, 0) is 10.0 Å². The van der Waals surface area contributed by atoms with E-state index in [4.69, 9.17) is 0 Å². The van der Waals surface area contributed by atoms with Crippen LogP contribution in [-0.4, -0.2) is 26.8 Å². The number of nitrogens with zero attached hydrogens (tertiary/aromatic N) is 1. The van der Waals surface area contributed by atoms with Crippen molar-refractivity contribution < 1.29 is 8.42 Å². The molecule has 0 atom stereocenters. The van der Waals surface area contributed by atoms with Gasteiger partial charge in [0.25, 0.3) is 0 Å². The Hall–Kier alpha value is 0.570. The monoisotopic (exact) mass is 347 g/mol. The zero-order valence-electron chi connectivity index (χ0n) is 6.91. The Balaban J connectivity index is 3.31. The van der Waals surface area contributed by atoms with Gasteiger partial charge in [0.1, 0.15) is 4.90 Å². The summed E-state index contributed by atoms with van der Waals surface area (Å²) in [6, 6.07) is 1.59. The van der Waals surface area contributed by atoms with Crippen molar-refractivity contribution in [3.05, 3.63) is 13.6 Å². The molecule has 3 nitrogen and oxygen atoms in total. The van der Waals surface area contributed by atoms with Gasteiger partial charge in [0, 0.05) is 14.1 Å². The molecule has 0 radical (unpaired) electrons. The van der Waals surface area contributed by atoms with E-state index < -0.39 is 10.0 Å². The number of hydrogen-bond acceptors (Lipinski definition) is 3. The Morgan fingerprint density at radius 2 is 1.92 bits per heavy atom. The molecule has 0 saturated carbocycles. The fraction of sp³-hybridized carbons (Fsp3) is 0.333. The summed E-state index contributed by atoms with van der Waals surface area (Å²) in [6.07, 6.45) is 0. The smallest absolute Gasteiger partial charge is 0.207 e. The molecule has 1 aromatic rings. The summed E-state index contributed by atoms with van der Waals surface area (Å²) in [4.78, 5) is 0.300. The first-order valence-corrected chi connectivity index (χ1v) is 7.07. The zero-order chi connectivity index (χ0) is 10.2. The van der Waals surface area contributed by atoms with Crippen LogP contribution >= 0.6 is 43.2 Å². The Kier molecular flexibility index (Phi) is 3.56. The van der Waals surface area contributed by atoms with Crippen LogP contribution in [0.2, 0.25) is 0 Å². The normalized spacial score (nSPS) is 12.4. The number of hydrogen-bond donors (Lipinski definition) is 0. The minimum Gasteiger partial charge on any atom is -0.207 e. The second-order valence-electron chi connectivity index (χ2n) is 2.48. The first-order chi connectivity index (χ1) is 5.85. The predicted molar refractivity (Wildman–Crippen MR) is 60.6 cm³/mol. The highest BCUT2D eigenvalue weighted by atomic mass is 79.9. The summed E-state index contributed by atoms with van der Waals surface area (Å²) < 4.78 is 25.9. The van der Waals surface area contributed by atoms with Crippen molar-refractivity contribution in [1.82, 2.24) is 4.31 Å². The van der Waals surface area contributed by atoms with Gasteiger partial charge in [-0.05, 0) is 37.9 Å². The predicted octanol–water partition coefficient (Wildman–Crippen LogP) is 2.52. The third-order valence-corrected chi connectivity index (χ3v) is 5.95. The molecule has 0 N–H and O–H groups in total. The standard InChI is InChI=1S/C6H7Br2NO2S2/c1-9(2)13(10,11)4-3-5(7)12-6(4)8/h3H,1-2H3. The first kappa shape index (κ1) is 11.6. The lowest BCUT2D eigenvalue weighted by atomic mass is 10.7. The van der Waals surface area contributed by atoms with E-state index in [1.165, 1.54) is 29.7 Å². The van der Waals surface area contributed by atoms with Gasteiger partial charge in [0.05, 0.1) is 7.57 Å². The van der Waals surface area contributed by atoms with Crippen molar-refractivity contribution in [3.8, 4) is 0 Å². The van der Waals surface area contributed by atoms with Crippen LogP contribution in [0.5, 0.6) is 0 Å². The van der Waals surface area contributed by atoms with E-state index in [0.717, 1.165) is 3.79 Å². The average molecular weight is 349 g/mol. The molecule has 0 amide bonds. The van der Waals surface area contributed by atoms with E-state index in [1.54, 1.807) is 6.07 Å². The van der Waals surface area contributed by atoms with E-state index in [9.17, 15) is 8.42 Å². The van der Waals surface area contributed by atoms with Gasteiger partial charge < -0.3 is 0 Å². The second-order valence-corrected chi connectivity index (χ2v) is 8.35. The highest BCUT2D eigenvalue weighted by molar-refractivity contribution is 9.12. The summed E-state index contributed by atoms with van der Waals surface area (Å²) >= 11 is 7.77. The molecule has 0 bridgehead atoms. The van der Waals surface area contributed by atoms with E-state index in [0.29, 0.717) is 8.68 Å². The molecule has 0 aliphatic rings. The van der Waals surface area contributed by atoms with Crippen LogP contribution in [0.15, 0.2) is 18.5 Å². The molecule has 0 saturated heterocycles. The van der Waals surface area contributed by atoms with Crippen LogP contribution in [0.1, 0.15) is 0 Å². The lowest BCUT2D eigenvalue weighted by Crippen LogP contribution is -2.21. The van der Waals surface area contributed by atoms with Gasteiger partial charge in [-0.3, -0.25) is 0 Å². The fourth-order valence-electron chi connectivity index (χ4n) is 0.698. The second kappa shape index (κ2) is 3.98. The van der Waals surface area contributed by atoms with Crippen LogP contribution in [0.25, 0.3) is 0 Å². The number of sulfonamides is 1. The lowest BCUT2D eigenvalue weighted by Gasteiger charge is -2.09. The number of thiophene rings is 1. The summed E-state index contributed by atoms with van der Waals surface area (Å²) in [5.74, 6) is 0. The summed E-state index contributed by atoms with van der Waals surface area (Å²) in [7, 11) is -0.305. The molecule has 13 heavy (non-hydrogen) atoms. The molecule has 7 heteroatoms. The van der Waals surface area contributed by atoms with Gasteiger partial charge in [-0.1, -0.05) is 0 Å². The van der Waals surface area contributed by atoms with E-state index in [1.807, 2.05) is 0 Å². The molecular weight excluding hydrogens is 342 g/mol. The van der Waals surface area contributed by atoms with Crippen molar-refractivity contribution in [1.29, 1.82) is 0 Å². The van der Waals surface area contributed by atoms with Crippen molar-refractivity contribution in [2.45, 2.75) is 4.90 Å². The minimum atomic E-state index is -3.32. The van der Waals surface area contributed by atoms with E-state index in [-0.39, 0.29) is 0 Å². The van der Waals surface area contributed by atoms with E-state index in [2.05, 4.69) is 31.9 Å². The largest absolute Gasteiger partial charge is 0.244 e. The molecule has 0 aromatic carbocycles. The van der Waals surface area contributed by atoms with Gasteiger partial charge >= 0.3 is 0 Å². The Morgan fingerprint density at radius 1 is 1.38 bits per heavy atom. The highest BCUT2D eigenvalue weighted by Gasteiger charge is 2.22. The molecular formula is C6H7Br2NO2S2. The van der Waals surface area contributed by atoms with Crippen LogP contribution in [0.4, 0.5) is 0 Å². The van der Waals surface area contributed by atoms with Crippen LogP contribution in [0, 0.1) is 0 Å². The maximum atomic E-state index is 11.6. The molecule has 0 unspecified atom stereocenters. The molecule has 0 aliphatic carbocycles. The lowest BCUT2D eigenvalue weighted by molar-refractivity contribution is 0.520. The summed E-state index contributed by atoms with van der Waals surface area (Å²) in [5, 5.41) is 0. The quantitative estimate of drug-likeness (QED) is 0.823. The van der Waals surface area contributed by atoms with Crippen molar-refractivity contribution >= 4 is 53.2 Å². The average Bonchev–Trinajstić information content (AvgIpc) is 2.30. The number of halogens is 2. The molecule has 1 rings (SSSR count). The van der Waals surface area contributed by atoms with E-state index >= 15 is 0 Å². The van der Waals surface area contributed by atoms with Crippen molar-refractivity contribution in [2.75, 3.05) is 14.1 Å². The Bertz CT molecular complexity index is 410.